The average Bonchev–Trinajstić information content (AvgIpc) is 3.29. The Labute approximate surface area is 191 Å². The number of carbonyl (C=O) groups excluding carboxylic acids is 1. The maximum Gasteiger partial charge on any atom is 0.219 e. The molecule has 1 spiro atoms. The average molecular weight is 448 g/mol. The first-order chi connectivity index (χ1) is 15.5. The first kappa shape index (κ1) is 20.8. The van der Waals surface area contributed by atoms with E-state index in [1.54, 1.807) is 20.4 Å². The van der Waals surface area contributed by atoms with Crippen LogP contribution in [0.1, 0.15) is 19.4 Å². The summed E-state index contributed by atoms with van der Waals surface area (Å²) in [5, 5.41) is 0.857. The molecular formula is C25H25N3O3S. The molecule has 0 radical (unpaired) electrons. The number of thioether (sulfide) groups is 1. The summed E-state index contributed by atoms with van der Waals surface area (Å²) in [5.74, 6) is 1.43. The number of hydrogen-bond acceptors (Lipinski definition) is 6. The molecule has 0 amide bonds. The van der Waals surface area contributed by atoms with Crippen LogP contribution < -0.4 is 4.90 Å². The maximum absolute atomic E-state index is 12.9. The molecule has 7 heteroatoms. The van der Waals surface area contributed by atoms with Crippen molar-refractivity contribution in [3.8, 4) is 0 Å². The van der Waals surface area contributed by atoms with Crippen LogP contribution >= 0.6 is 11.8 Å². The Morgan fingerprint density at radius 1 is 1.22 bits per heavy atom. The van der Waals surface area contributed by atoms with E-state index in [0.717, 1.165) is 33.4 Å². The van der Waals surface area contributed by atoms with E-state index in [-0.39, 0.29) is 11.2 Å². The minimum Gasteiger partial charge on any atom is -0.482 e. The molecule has 2 unspecified atom stereocenters. The zero-order valence-corrected chi connectivity index (χ0v) is 19.3. The number of methoxy groups -OCH3 is 2. The summed E-state index contributed by atoms with van der Waals surface area (Å²) in [7, 11) is 3.39. The summed E-state index contributed by atoms with van der Waals surface area (Å²) in [4.78, 5) is 19.7. The van der Waals surface area contributed by atoms with Crippen molar-refractivity contribution in [2.75, 3.05) is 19.1 Å². The minimum absolute atomic E-state index is 0.0694. The van der Waals surface area contributed by atoms with Crippen molar-refractivity contribution in [3.63, 3.8) is 0 Å². The summed E-state index contributed by atoms with van der Waals surface area (Å²) < 4.78 is 13.6. The second-order valence-electron chi connectivity index (χ2n) is 8.13. The zero-order chi connectivity index (χ0) is 22.5. The van der Waals surface area contributed by atoms with Crippen LogP contribution in [-0.2, 0) is 20.7 Å². The topological polar surface area (TPSA) is 56.6 Å². The second-order valence-corrected chi connectivity index (χ2v) is 9.21. The number of ether oxygens (including phenoxy) is 2. The third-order valence-corrected chi connectivity index (χ3v) is 7.05. The monoisotopic (exact) mass is 447 g/mol. The number of nitrogens with zero attached hydrogens (tertiary/aromatic N) is 3. The Balaban J connectivity index is 1.61. The molecule has 2 aliphatic heterocycles. The quantitative estimate of drug-likeness (QED) is 0.495. The molecule has 164 valence electrons. The SMILES string of the molecule is COC1=CC=CC23C=C(C)C(OC)C(C)=C2n2c(SC(=O)Cc4ccccc4)cnc2N13. The molecule has 3 aliphatic rings. The first-order valence-electron chi connectivity index (χ1n) is 10.5. The predicted octanol–water partition coefficient (Wildman–Crippen LogP) is 4.57. The summed E-state index contributed by atoms with van der Waals surface area (Å²) in [6, 6.07) is 9.80. The highest BCUT2D eigenvalue weighted by Crippen LogP contribution is 2.53. The molecule has 2 aromatic rings. The van der Waals surface area contributed by atoms with Crippen molar-refractivity contribution < 1.29 is 14.3 Å². The molecule has 0 N–H and O–H groups in total. The van der Waals surface area contributed by atoms with Gasteiger partial charge in [-0.1, -0.05) is 36.4 Å². The summed E-state index contributed by atoms with van der Waals surface area (Å²) in [6.07, 6.45) is 10.3. The Morgan fingerprint density at radius 2 is 2.00 bits per heavy atom. The number of allylic oxidation sites excluding steroid dienone is 2. The van der Waals surface area contributed by atoms with E-state index in [1.165, 1.54) is 11.8 Å². The second kappa shape index (κ2) is 7.83. The van der Waals surface area contributed by atoms with Gasteiger partial charge in [0.05, 0.1) is 19.0 Å². The molecule has 5 rings (SSSR count). The van der Waals surface area contributed by atoms with Gasteiger partial charge in [-0.15, -0.1) is 0 Å². The normalized spacial score (nSPS) is 23.4. The van der Waals surface area contributed by atoms with Gasteiger partial charge >= 0.3 is 0 Å². The first-order valence-corrected chi connectivity index (χ1v) is 11.3. The lowest BCUT2D eigenvalue weighted by atomic mass is 9.80. The van der Waals surface area contributed by atoms with Crippen LogP contribution in [0.4, 0.5) is 5.95 Å². The standard InChI is InChI=1S/C25H25N3O3S/c1-16-14-25-12-8-11-19(30-3)28(25)24-26-15-20(27(24)23(25)17(2)22(16)31-4)32-21(29)13-18-9-6-5-7-10-18/h5-12,14-15,22H,13H2,1-4H3. The van der Waals surface area contributed by atoms with Gasteiger partial charge in [0, 0.05) is 13.5 Å². The number of carbonyl (C=O) groups is 1. The lowest BCUT2D eigenvalue weighted by Gasteiger charge is -2.41. The van der Waals surface area contributed by atoms with Crippen molar-refractivity contribution in [1.82, 2.24) is 9.55 Å². The minimum atomic E-state index is -0.565. The molecule has 32 heavy (non-hydrogen) atoms. The van der Waals surface area contributed by atoms with E-state index < -0.39 is 5.54 Å². The van der Waals surface area contributed by atoms with E-state index in [0.29, 0.717) is 12.3 Å². The van der Waals surface area contributed by atoms with Gasteiger partial charge in [-0.2, -0.15) is 0 Å². The molecule has 6 nitrogen and oxygen atoms in total. The number of fused-ring (bicyclic) bond motifs is 3. The van der Waals surface area contributed by atoms with Gasteiger partial charge in [0.2, 0.25) is 5.95 Å². The fourth-order valence-electron chi connectivity index (χ4n) is 5.00. The fraction of sp³-hybridized carbons (Fsp3) is 0.280. The van der Waals surface area contributed by atoms with Crippen LogP contribution in [0, 0.1) is 0 Å². The number of aromatic nitrogens is 2. The van der Waals surface area contributed by atoms with E-state index in [1.807, 2.05) is 42.5 Å². The van der Waals surface area contributed by atoms with Gasteiger partial charge < -0.3 is 9.47 Å². The maximum atomic E-state index is 12.9. The lowest BCUT2D eigenvalue weighted by Crippen LogP contribution is -2.47. The molecule has 1 aromatic heterocycles. The Bertz CT molecular complexity index is 1210. The molecule has 0 saturated carbocycles. The summed E-state index contributed by atoms with van der Waals surface area (Å²) >= 11 is 1.22. The number of anilines is 1. The molecule has 0 fully saturated rings. The van der Waals surface area contributed by atoms with E-state index >= 15 is 0 Å². The number of hydrogen-bond donors (Lipinski definition) is 0. The Morgan fingerprint density at radius 3 is 2.72 bits per heavy atom. The van der Waals surface area contributed by atoms with Crippen LogP contribution in [0.15, 0.2) is 82.9 Å². The number of rotatable bonds is 5. The van der Waals surface area contributed by atoms with Gasteiger partial charge in [0.25, 0.3) is 0 Å². The fourth-order valence-corrected chi connectivity index (χ4v) is 5.84. The van der Waals surface area contributed by atoms with Crippen LogP contribution in [0.5, 0.6) is 0 Å². The molecule has 3 heterocycles. The Hall–Kier alpha value is -3.03. The summed E-state index contributed by atoms with van der Waals surface area (Å²) in [6.45, 7) is 4.17. The number of imidazole rings is 1. The van der Waals surface area contributed by atoms with Crippen LogP contribution in [0.3, 0.4) is 0 Å². The van der Waals surface area contributed by atoms with E-state index in [4.69, 9.17) is 14.5 Å². The number of benzene rings is 1. The predicted molar refractivity (Wildman–Crippen MR) is 126 cm³/mol. The smallest absolute Gasteiger partial charge is 0.219 e. The van der Waals surface area contributed by atoms with Crippen LogP contribution in [-0.4, -0.2) is 40.5 Å². The van der Waals surface area contributed by atoms with Crippen molar-refractivity contribution in [3.05, 3.63) is 83.4 Å². The highest BCUT2D eigenvalue weighted by Gasteiger charge is 2.53. The summed E-state index contributed by atoms with van der Waals surface area (Å²) in [5.41, 5.74) is 3.69. The van der Waals surface area contributed by atoms with Crippen LogP contribution in [0.25, 0.3) is 5.70 Å². The third-order valence-electron chi connectivity index (χ3n) is 6.18. The lowest BCUT2D eigenvalue weighted by molar-refractivity contribution is -0.110. The van der Waals surface area contributed by atoms with E-state index in [9.17, 15) is 4.79 Å². The van der Waals surface area contributed by atoms with Crippen molar-refractivity contribution in [1.29, 1.82) is 0 Å². The molecular weight excluding hydrogens is 422 g/mol. The van der Waals surface area contributed by atoms with Crippen molar-refractivity contribution >= 4 is 28.5 Å². The van der Waals surface area contributed by atoms with Gasteiger partial charge in [-0.25, -0.2) is 4.98 Å². The van der Waals surface area contributed by atoms with Gasteiger partial charge in [0.15, 0.2) is 11.0 Å². The molecule has 0 bridgehead atoms. The third kappa shape index (κ3) is 2.99. The Kier molecular flexibility index (Phi) is 5.10. The van der Waals surface area contributed by atoms with E-state index in [2.05, 4.69) is 35.5 Å². The van der Waals surface area contributed by atoms with Gasteiger partial charge in [-0.3, -0.25) is 14.3 Å². The van der Waals surface area contributed by atoms with Crippen LogP contribution in [0.2, 0.25) is 0 Å². The highest BCUT2D eigenvalue weighted by molar-refractivity contribution is 8.13. The van der Waals surface area contributed by atoms with Crippen molar-refractivity contribution in [2.24, 2.45) is 0 Å². The molecule has 2 atom stereocenters. The van der Waals surface area contributed by atoms with Gasteiger partial charge in [0.1, 0.15) is 16.7 Å². The highest BCUT2D eigenvalue weighted by atomic mass is 32.2. The largest absolute Gasteiger partial charge is 0.482 e. The molecule has 0 saturated heterocycles. The molecule has 1 aromatic carbocycles. The van der Waals surface area contributed by atoms with Crippen molar-refractivity contribution in [2.45, 2.75) is 36.9 Å². The van der Waals surface area contributed by atoms with Gasteiger partial charge in [-0.05, 0) is 60.5 Å². The zero-order valence-electron chi connectivity index (χ0n) is 18.5. The molecule has 1 aliphatic carbocycles.